The van der Waals surface area contributed by atoms with Crippen LogP contribution < -0.4 is 9.47 Å². The van der Waals surface area contributed by atoms with Crippen LogP contribution in [-0.4, -0.2) is 41.8 Å². The third-order valence-electron chi connectivity index (χ3n) is 4.26. The molecule has 0 unspecified atom stereocenters. The normalized spacial score (nSPS) is 11.2. The molecule has 2 aromatic carbocycles. The Morgan fingerprint density at radius 1 is 0.800 bits per heavy atom. The Kier molecular flexibility index (Phi) is 7.52. The molecule has 0 aliphatic rings. The third kappa shape index (κ3) is 5.57. The predicted octanol–water partition coefficient (Wildman–Crippen LogP) is 3.19. The number of ketones is 3. The summed E-state index contributed by atoms with van der Waals surface area (Å²) in [5, 5.41) is 19.2. The lowest BCUT2D eigenvalue weighted by Crippen LogP contribution is -2.27. The van der Waals surface area contributed by atoms with E-state index >= 15 is 0 Å². The first-order valence-corrected chi connectivity index (χ1v) is 8.95. The molecule has 156 valence electrons. The van der Waals surface area contributed by atoms with Gasteiger partial charge in [-0.25, -0.2) is 0 Å². The number of Topliss-reactive ketones (excluding diaryl/α,β-unsaturated/α-hetero) is 1. The molecule has 0 amide bonds. The quantitative estimate of drug-likeness (QED) is 0.482. The number of aromatic hydroxyl groups is 2. The summed E-state index contributed by atoms with van der Waals surface area (Å²) in [5.41, 5.74) is 1.11. The van der Waals surface area contributed by atoms with Gasteiger partial charge in [-0.3, -0.25) is 14.4 Å². The summed E-state index contributed by atoms with van der Waals surface area (Å²) in [6.07, 6.45) is 5.16. The van der Waals surface area contributed by atoms with Gasteiger partial charge in [-0.2, -0.15) is 0 Å². The Bertz CT molecular complexity index is 943. The summed E-state index contributed by atoms with van der Waals surface area (Å²) in [7, 11) is 2.79. The van der Waals surface area contributed by atoms with Crippen LogP contribution in [0.15, 0.2) is 48.6 Å². The van der Waals surface area contributed by atoms with Crippen LogP contribution >= 0.6 is 0 Å². The molecule has 2 rings (SSSR count). The van der Waals surface area contributed by atoms with Crippen molar-refractivity contribution in [2.24, 2.45) is 5.92 Å². The number of methoxy groups -OCH3 is 2. The number of rotatable bonds is 9. The highest BCUT2D eigenvalue weighted by Crippen LogP contribution is 2.27. The van der Waals surface area contributed by atoms with Gasteiger partial charge in [0.2, 0.25) is 0 Å². The largest absolute Gasteiger partial charge is 0.504 e. The average Bonchev–Trinajstić information content (AvgIpc) is 2.72. The van der Waals surface area contributed by atoms with Crippen LogP contribution in [0, 0.1) is 5.92 Å². The zero-order chi connectivity index (χ0) is 22.3. The fraction of sp³-hybridized carbons (Fsp3) is 0.174. The van der Waals surface area contributed by atoms with Gasteiger partial charge in [0, 0.05) is 0 Å². The zero-order valence-electron chi connectivity index (χ0n) is 16.8. The standard InChI is InChI=1S/C23H22O7/c1-14(24)23(19(27)10-6-15-4-8-17(25)21(12-15)29-2)20(28)11-7-16-5-9-18(26)22(13-16)30-3/h4-13,23,25-26H,1-3H3/b10-6+,11-7+. The van der Waals surface area contributed by atoms with Crippen molar-refractivity contribution < 1.29 is 34.1 Å². The number of carbonyl (C=O) groups excluding carboxylic acids is 3. The van der Waals surface area contributed by atoms with Crippen LogP contribution in [0.25, 0.3) is 12.2 Å². The Morgan fingerprint density at radius 3 is 1.53 bits per heavy atom. The maximum atomic E-state index is 12.5. The Labute approximate surface area is 173 Å². The number of ether oxygens (including phenoxy) is 2. The fourth-order valence-electron chi connectivity index (χ4n) is 2.69. The molecule has 7 heteroatoms. The van der Waals surface area contributed by atoms with E-state index < -0.39 is 23.3 Å². The molecular weight excluding hydrogens is 388 g/mol. The number of benzene rings is 2. The second-order valence-corrected chi connectivity index (χ2v) is 6.38. The lowest BCUT2D eigenvalue weighted by molar-refractivity contribution is -0.135. The van der Waals surface area contributed by atoms with E-state index in [9.17, 15) is 24.6 Å². The van der Waals surface area contributed by atoms with E-state index in [0.29, 0.717) is 11.1 Å². The van der Waals surface area contributed by atoms with Gasteiger partial charge in [-0.1, -0.05) is 24.3 Å². The van der Waals surface area contributed by atoms with Gasteiger partial charge >= 0.3 is 0 Å². The SMILES string of the molecule is COc1cc(/C=C/C(=O)C(C(C)=O)C(=O)/C=C/c2ccc(O)c(OC)c2)ccc1O. The van der Waals surface area contributed by atoms with Gasteiger partial charge < -0.3 is 19.7 Å². The van der Waals surface area contributed by atoms with E-state index in [0.717, 1.165) is 12.2 Å². The molecule has 0 bridgehead atoms. The fourth-order valence-corrected chi connectivity index (χ4v) is 2.69. The molecule has 0 saturated heterocycles. The molecule has 0 aliphatic heterocycles. The molecule has 0 atom stereocenters. The van der Waals surface area contributed by atoms with Crippen molar-refractivity contribution in [2.75, 3.05) is 14.2 Å². The molecule has 7 nitrogen and oxygen atoms in total. The summed E-state index contributed by atoms with van der Waals surface area (Å²) >= 11 is 0. The van der Waals surface area contributed by atoms with Gasteiger partial charge in [0.25, 0.3) is 0 Å². The molecule has 0 spiro atoms. The van der Waals surface area contributed by atoms with Crippen LogP contribution in [0.4, 0.5) is 0 Å². The molecule has 0 aliphatic carbocycles. The minimum atomic E-state index is -1.46. The summed E-state index contributed by atoms with van der Waals surface area (Å²) in [6, 6.07) is 8.97. The summed E-state index contributed by atoms with van der Waals surface area (Å²) in [5.74, 6) is -2.99. The van der Waals surface area contributed by atoms with E-state index in [2.05, 4.69) is 0 Å². The van der Waals surface area contributed by atoms with Crippen LogP contribution in [0.5, 0.6) is 23.0 Å². The second-order valence-electron chi connectivity index (χ2n) is 6.38. The van der Waals surface area contributed by atoms with E-state index in [1.807, 2.05) is 0 Å². The maximum absolute atomic E-state index is 12.5. The van der Waals surface area contributed by atoms with Gasteiger partial charge in [0.15, 0.2) is 34.6 Å². The first-order valence-electron chi connectivity index (χ1n) is 8.95. The van der Waals surface area contributed by atoms with E-state index in [4.69, 9.17) is 9.47 Å². The van der Waals surface area contributed by atoms with Crippen molar-refractivity contribution >= 4 is 29.5 Å². The summed E-state index contributed by atoms with van der Waals surface area (Å²) in [6.45, 7) is 1.18. The van der Waals surface area contributed by atoms with Gasteiger partial charge in [0.05, 0.1) is 14.2 Å². The van der Waals surface area contributed by atoms with Crippen LogP contribution in [0.2, 0.25) is 0 Å². The van der Waals surface area contributed by atoms with Crippen LogP contribution in [0.1, 0.15) is 18.1 Å². The summed E-state index contributed by atoms with van der Waals surface area (Å²) < 4.78 is 10.0. The molecule has 0 saturated carbocycles. The lowest BCUT2D eigenvalue weighted by Gasteiger charge is -2.07. The smallest absolute Gasteiger partial charge is 0.173 e. The summed E-state index contributed by atoms with van der Waals surface area (Å²) in [4.78, 5) is 36.9. The number of carbonyl (C=O) groups is 3. The van der Waals surface area contributed by atoms with Gasteiger partial charge in [0.1, 0.15) is 11.7 Å². The molecule has 0 aromatic heterocycles. The zero-order valence-corrected chi connectivity index (χ0v) is 16.8. The molecule has 0 fully saturated rings. The maximum Gasteiger partial charge on any atom is 0.173 e. The lowest BCUT2D eigenvalue weighted by atomic mass is 9.93. The second kappa shape index (κ2) is 10.1. The highest BCUT2D eigenvalue weighted by molar-refractivity contribution is 6.25. The average molecular weight is 410 g/mol. The van der Waals surface area contributed by atoms with Gasteiger partial charge in [-0.05, 0) is 54.5 Å². The third-order valence-corrected chi connectivity index (χ3v) is 4.26. The highest BCUT2D eigenvalue weighted by atomic mass is 16.5. The number of hydrogen-bond donors (Lipinski definition) is 2. The Morgan fingerprint density at radius 2 is 1.20 bits per heavy atom. The van der Waals surface area contributed by atoms with Crippen molar-refractivity contribution in [3.8, 4) is 23.0 Å². The molecule has 0 radical (unpaired) electrons. The van der Waals surface area contributed by atoms with Crippen molar-refractivity contribution in [3.05, 3.63) is 59.7 Å². The molecular formula is C23H22O7. The molecule has 0 heterocycles. The van der Waals surface area contributed by atoms with E-state index in [-0.39, 0.29) is 23.0 Å². The van der Waals surface area contributed by atoms with Crippen molar-refractivity contribution in [2.45, 2.75) is 6.92 Å². The monoisotopic (exact) mass is 410 g/mol. The Balaban J connectivity index is 2.18. The number of phenolic OH excluding ortho intramolecular Hbond substituents is 2. The van der Waals surface area contributed by atoms with Crippen LogP contribution in [-0.2, 0) is 14.4 Å². The first-order chi connectivity index (χ1) is 14.3. The predicted molar refractivity (Wildman–Crippen MR) is 112 cm³/mol. The van der Waals surface area contributed by atoms with Crippen molar-refractivity contribution in [3.63, 3.8) is 0 Å². The van der Waals surface area contributed by atoms with Crippen molar-refractivity contribution in [1.82, 2.24) is 0 Å². The van der Waals surface area contributed by atoms with E-state index in [1.54, 1.807) is 12.1 Å². The van der Waals surface area contributed by atoms with Gasteiger partial charge in [-0.15, -0.1) is 0 Å². The molecule has 2 N–H and O–H groups in total. The van der Waals surface area contributed by atoms with Crippen LogP contribution in [0.3, 0.4) is 0 Å². The topological polar surface area (TPSA) is 110 Å². The van der Waals surface area contributed by atoms with Crippen molar-refractivity contribution in [1.29, 1.82) is 0 Å². The minimum Gasteiger partial charge on any atom is -0.504 e. The molecule has 2 aromatic rings. The number of hydrogen-bond acceptors (Lipinski definition) is 7. The number of phenols is 2. The number of allylic oxidation sites excluding steroid dienone is 2. The minimum absolute atomic E-state index is 0.0474. The molecule has 30 heavy (non-hydrogen) atoms. The highest BCUT2D eigenvalue weighted by Gasteiger charge is 2.27. The Hall–Kier alpha value is -3.87. The van der Waals surface area contributed by atoms with E-state index in [1.165, 1.54) is 57.6 Å². The first kappa shape index (κ1) is 22.4.